The number of hydrogen-bond donors (Lipinski definition) is 2. The molecule has 138 valence electrons. The van der Waals surface area contributed by atoms with Crippen LogP contribution in [0.4, 0.5) is 0 Å². The third-order valence-electron chi connectivity index (χ3n) is 4.22. The molecule has 0 radical (unpaired) electrons. The van der Waals surface area contributed by atoms with Gasteiger partial charge in [0.25, 0.3) is 5.91 Å². The highest BCUT2D eigenvalue weighted by Gasteiger charge is 2.24. The molecule has 0 atom stereocenters. The molecule has 0 aliphatic carbocycles. The van der Waals surface area contributed by atoms with E-state index in [9.17, 15) is 9.90 Å². The molecule has 26 heavy (non-hydrogen) atoms. The molecule has 4 nitrogen and oxygen atoms in total. The Hall–Kier alpha value is -2.62. The average Bonchev–Trinajstić information content (AvgIpc) is 2.55. The van der Waals surface area contributed by atoms with E-state index < -0.39 is 0 Å². The summed E-state index contributed by atoms with van der Waals surface area (Å²) < 4.78 is 0. The summed E-state index contributed by atoms with van der Waals surface area (Å²) in [5.74, 6) is -0.0902. The molecule has 0 saturated heterocycles. The van der Waals surface area contributed by atoms with Gasteiger partial charge in [-0.2, -0.15) is 5.10 Å². The van der Waals surface area contributed by atoms with Crippen LogP contribution in [0.1, 0.15) is 68.6 Å². The van der Waals surface area contributed by atoms with E-state index in [-0.39, 0.29) is 22.5 Å². The Balaban J connectivity index is 2.34. The molecule has 0 saturated carbocycles. The van der Waals surface area contributed by atoms with Crippen molar-refractivity contribution in [3.63, 3.8) is 0 Å². The zero-order valence-electron chi connectivity index (χ0n) is 16.4. The number of hydrazone groups is 1. The summed E-state index contributed by atoms with van der Waals surface area (Å²) in [6.45, 7) is 12.6. The summed E-state index contributed by atoms with van der Waals surface area (Å²) in [6.07, 6.45) is 1.50. The molecule has 0 aliphatic heterocycles. The molecular formula is C22H28N2O2. The fourth-order valence-corrected chi connectivity index (χ4v) is 2.57. The van der Waals surface area contributed by atoms with Crippen molar-refractivity contribution in [2.75, 3.05) is 0 Å². The number of rotatable bonds is 3. The van der Waals surface area contributed by atoms with E-state index in [0.29, 0.717) is 11.1 Å². The Kier molecular flexibility index (Phi) is 5.55. The molecule has 2 aromatic rings. The highest BCUT2D eigenvalue weighted by atomic mass is 16.3. The third kappa shape index (κ3) is 4.72. The summed E-state index contributed by atoms with van der Waals surface area (Å²) in [6, 6.07) is 12.9. The average molecular weight is 352 g/mol. The fraction of sp³-hybridized carbons (Fsp3) is 0.364. The first-order chi connectivity index (χ1) is 12.0. The maximum absolute atomic E-state index is 12.1. The minimum absolute atomic E-state index is 0.0659. The summed E-state index contributed by atoms with van der Waals surface area (Å²) in [7, 11) is 0. The van der Waals surface area contributed by atoms with Crippen molar-refractivity contribution < 1.29 is 9.90 Å². The van der Waals surface area contributed by atoms with E-state index in [1.54, 1.807) is 24.3 Å². The van der Waals surface area contributed by atoms with Gasteiger partial charge in [0.1, 0.15) is 5.75 Å². The van der Waals surface area contributed by atoms with Crippen LogP contribution < -0.4 is 5.43 Å². The maximum Gasteiger partial charge on any atom is 0.271 e. The smallest absolute Gasteiger partial charge is 0.271 e. The Morgan fingerprint density at radius 3 is 2.15 bits per heavy atom. The Labute approximate surface area is 156 Å². The molecule has 0 unspecified atom stereocenters. The molecule has 2 aromatic carbocycles. The lowest BCUT2D eigenvalue weighted by atomic mass is 9.79. The Morgan fingerprint density at radius 1 is 1.00 bits per heavy atom. The number of carbonyl (C=O) groups excluding carboxylic acids is 1. The van der Waals surface area contributed by atoms with Gasteiger partial charge < -0.3 is 5.11 Å². The van der Waals surface area contributed by atoms with Crippen molar-refractivity contribution in [2.24, 2.45) is 5.10 Å². The van der Waals surface area contributed by atoms with Gasteiger partial charge in [0, 0.05) is 16.7 Å². The largest absolute Gasteiger partial charge is 0.507 e. The van der Waals surface area contributed by atoms with E-state index >= 15 is 0 Å². The molecule has 4 heteroatoms. The number of carbonyl (C=O) groups is 1. The van der Waals surface area contributed by atoms with Crippen molar-refractivity contribution in [3.8, 4) is 5.75 Å². The minimum atomic E-state index is -0.288. The van der Waals surface area contributed by atoms with Crippen LogP contribution in [0.5, 0.6) is 5.75 Å². The number of nitrogens with zero attached hydrogens (tertiary/aromatic N) is 1. The molecular weight excluding hydrogens is 324 g/mol. The fourth-order valence-electron chi connectivity index (χ4n) is 2.57. The predicted octanol–water partition coefficient (Wildman–Crippen LogP) is 4.75. The normalized spacial score (nSPS) is 12.4. The van der Waals surface area contributed by atoms with Crippen LogP contribution >= 0.6 is 0 Å². The minimum Gasteiger partial charge on any atom is -0.507 e. The molecule has 2 rings (SSSR count). The molecule has 0 bridgehead atoms. The van der Waals surface area contributed by atoms with Crippen LogP contribution in [0.25, 0.3) is 0 Å². The maximum atomic E-state index is 12.1. The molecule has 0 aliphatic rings. The van der Waals surface area contributed by atoms with Crippen LogP contribution in [-0.4, -0.2) is 17.2 Å². The van der Waals surface area contributed by atoms with Crippen LogP contribution in [0, 0.1) is 0 Å². The Morgan fingerprint density at radius 2 is 1.62 bits per heavy atom. The molecule has 1 amide bonds. The van der Waals surface area contributed by atoms with Gasteiger partial charge in [0.05, 0.1) is 6.21 Å². The number of nitrogens with one attached hydrogen (secondary N) is 1. The van der Waals surface area contributed by atoms with Crippen molar-refractivity contribution in [1.29, 1.82) is 0 Å². The first-order valence-corrected chi connectivity index (χ1v) is 8.76. The molecule has 0 fully saturated rings. The Bertz CT molecular complexity index is 811. The standard InChI is InChI=1S/C22H28N2O2/c1-21(2,3)17-12-16(19(25)18(13-17)22(4,5)6)14-23-24-20(26)15-10-8-7-9-11-15/h7-14,25H,1-6H3,(H,24,26)/b23-14+. The topological polar surface area (TPSA) is 61.7 Å². The zero-order valence-corrected chi connectivity index (χ0v) is 16.4. The van der Waals surface area contributed by atoms with Crippen LogP contribution in [-0.2, 0) is 10.8 Å². The van der Waals surface area contributed by atoms with Gasteiger partial charge >= 0.3 is 0 Å². The highest BCUT2D eigenvalue weighted by molar-refractivity contribution is 5.95. The lowest BCUT2D eigenvalue weighted by molar-refractivity contribution is 0.0955. The van der Waals surface area contributed by atoms with Crippen LogP contribution in [0.15, 0.2) is 47.6 Å². The monoisotopic (exact) mass is 352 g/mol. The van der Waals surface area contributed by atoms with Gasteiger partial charge in [-0.25, -0.2) is 5.43 Å². The second-order valence-electron chi connectivity index (χ2n) is 8.53. The van der Waals surface area contributed by atoms with Gasteiger partial charge in [0.2, 0.25) is 0 Å². The van der Waals surface area contributed by atoms with E-state index in [0.717, 1.165) is 11.1 Å². The van der Waals surface area contributed by atoms with E-state index in [1.165, 1.54) is 6.21 Å². The van der Waals surface area contributed by atoms with E-state index in [4.69, 9.17) is 0 Å². The quantitative estimate of drug-likeness (QED) is 0.618. The zero-order chi connectivity index (χ0) is 19.5. The molecule has 0 aromatic heterocycles. The van der Waals surface area contributed by atoms with Crippen LogP contribution in [0.3, 0.4) is 0 Å². The number of aromatic hydroxyl groups is 1. The third-order valence-corrected chi connectivity index (χ3v) is 4.22. The van der Waals surface area contributed by atoms with Crippen LogP contribution in [0.2, 0.25) is 0 Å². The van der Waals surface area contributed by atoms with Crippen molar-refractivity contribution in [1.82, 2.24) is 5.43 Å². The van der Waals surface area contributed by atoms with Gasteiger partial charge in [-0.05, 0) is 34.6 Å². The number of hydrogen-bond acceptors (Lipinski definition) is 3. The first kappa shape index (κ1) is 19.7. The lowest BCUT2D eigenvalue weighted by Crippen LogP contribution is -2.19. The number of phenols is 1. The van der Waals surface area contributed by atoms with Crippen molar-refractivity contribution in [2.45, 2.75) is 52.4 Å². The second kappa shape index (κ2) is 7.32. The first-order valence-electron chi connectivity index (χ1n) is 8.76. The summed E-state index contributed by atoms with van der Waals surface area (Å²) >= 11 is 0. The second-order valence-corrected chi connectivity index (χ2v) is 8.53. The van der Waals surface area contributed by atoms with E-state index in [2.05, 4.69) is 58.1 Å². The molecule has 0 spiro atoms. The highest BCUT2D eigenvalue weighted by Crippen LogP contribution is 2.37. The van der Waals surface area contributed by atoms with E-state index in [1.807, 2.05) is 12.1 Å². The number of amides is 1. The summed E-state index contributed by atoms with van der Waals surface area (Å²) in [5, 5.41) is 14.7. The number of benzene rings is 2. The van der Waals surface area contributed by atoms with Gasteiger partial charge in [-0.3, -0.25) is 4.79 Å². The van der Waals surface area contributed by atoms with Crippen molar-refractivity contribution in [3.05, 3.63) is 64.7 Å². The lowest BCUT2D eigenvalue weighted by Gasteiger charge is -2.26. The number of phenolic OH excluding ortho intramolecular Hbond substituents is 1. The van der Waals surface area contributed by atoms with Gasteiger partial charge in [-0.15, -0.1) is 0 Å². The van der Waals surface area contributed by atoms with Gasteiger partial charge in [-0.1, -0.05) is 65.8 Å². The molecule has 2 N–H and O–H groups in total. The predicted molar refractivity (Wildman–Crippen MR) is 107 cm³/mol. The summed E-state index contributed by atoms with van der Waals surface area (Å²) in [4.78, 5) is 12.1. The van der Waals surface area contributed by atoms with Crippen molar-refractivity contribution >= 4 is 12.1 Å². The van der Waals surface area contributed by atoms with Gasteiger partial charge in [0.15, 0.2) is 0 Å². The SMILES string of the molecule is CC(C)(C)c1cc(/C=N/NC(=O)c2ccccc2)c(O)c(C(C)(C)C)c1. The summed E-state index contributed by atoms with van der Waals surface area (Å²) in [5.41, 5.74) is 5.33. The molecule has 0 heterocycles.